The second-order valence-electron chi connectivity index (χ2n) is 4.59. The van der Waals surface area contributed by atoms with Gasteiger partial charge in [-0.3, -0.25) is 0 Å². The van der Waals surface area contributed by atoms with Gasteiger partial charge in [-0.05, 0) is 48.6 Å². The molecule has 3 rings (SSSR count). The Kier molecular flexibility index (Phi) is 3.10. The van der Waals surface area contributed by atoms with Crippen LogP contribution in [0.5, 0.6) is 0 Å². The SMILES string of the molecule is N#Cc1ccnc(Nc2ccc3c(c2)CCC3)c1Cl. The fourth-order valence-corrected chi connectivity index (χ4v) is 2.60. The van der Waals surface area contributed by atoms with Gasteiger partial charge in [0, 0.05) is 11.9 Å². The van der Waals surface area contributed by atoms with Crippen LogP contribution in [0.15, 0.2) is 30.5 Å². The molecule has 0 fully saturated rings. The third kappa shape index (κ3) is 2.27. The number of aromatic nitrogens is 1. The van der Waals surface area contributed by atoms with Crippen LogP contribution in [0, 0.1) is 11.3 Å². The molecule has 19 heavy (non-hydrogen) atoms. The van der Waals surface area contributed by atoms with Crippen molar-refractivity contribution in [1.29, 1.82) is 5.26 Å². The zero-order valence-corrected chi connectivity index (χ0v) is 11.0. The minimum Gasteiger partial charge on any atom is -0.339 e. The van der Waals surface area contributed by atoms with Crippen molar-refractivity contribution in [2.24, 2.45) is 0 Å². The number of nitrogens with one attached hydrogen (secondary N) is 1. The number of nitrogens with zero attached hydrogens (tertiary/aromatic N) is 2. The Hall–Kier alpha value is -2.05. The minimum atomic E-state index is 0.366. The van der Waals surface area contributed by atoms with Crippen molar-refractivity contribution in [1.82, 2.24) is 4.98 Å². The molecule has 0 atom stereocenters. The topological polar surface area (TPSA) is 48.7 Å². The predicted molar refractivity (Wildman–Crippen MR) is 75.7 cm³/mol. The highest BCUT2D eigenvalue weighted by Crippen LogP contribution is 2.29. The van der Waals surface area contributed by atoms with Crippen LogP contribution in [0.2, 0.25) is 5.02 Å². The molecule has 2 aromatic rings. The summed E-state index contributed by atoms with van der Waals surface area (Å²) >= 11 is 6.13. The molecule has 4 heteroatoms. The highest BCUT2D eigenvalue weighted by molar-refractivity contribution is 6.34. The molecular weight excluding hydrogens is 258 g/mol. The molecule has 0 radical (unpaired) electrons. The third-order valence-corrected chi connectivity index (χ3v) is 3.75. The van der Waals surface area contributed by atoms with Gasteiger partial charge in [0.05, 0.1) is 5.56 Å². The number of benzene rings is 1. The van der Waals surface area contributed by atoms with E-state index in [2.05, 4.69) is 28.5 Å². The summed E-state index contributed by atoms with van der Waals surface area (Å²) in [7, 11) is 0. The monoisotopic (exact) mass is 269 g/mol. The van der Waals surface area contributed by atoms with Gasteiger partial charge in [-0.2, -0.15) is 5.26 Å². The van der Waals surface area contributed by atoms with E-state index in [-0.39, 0.29) is 0 Å². The molecule has 0 spiro atoms. The second-order valence-corrected chi connectivity index (χ2v) is 4.97. The van der Waals surface area contributed by atoms with Gasteiger partial charge in [0.25, 0.3) is 0 Å². The summed E-state index contributed by atoms with van der Waals surface area (Å²) in [5, 5.41) is 12.5. The van der Waals surface area contributed by atoms with E-state index in [1.54, 1.807) is 12.3 Å². The minimum absolute atomic E-state index is 0.366. The highest BCUT2D eigenvalue weighted by Gasteiger charge is 2.12. The number of anilines is 2. The molecule has 1 aromatic carbocycles. The molecule has 0 amide bonds. The zero-order chi connectivity index (χ0) is 13.2. The van der Waals surface area contributed by atoms with Crippen molar-refractivity contribution in [3.05, 3.63) is 52.2 Å². The first-order valence-corrected chi connectivity index (χ1v) is 6.59. The van der Waals surface area contributed by atoms with E-state index < -0.39 is 0 Å². The first-order chi connectivity index (χ1) is 9.28. The quantitative estimate of drug-likeness (QED) is 0.901. The molecule has 1 heterocycles. The fourth-order valence-electron chi connectivity index (χ4n) is 2.40. The summed E-state index contributed by atoms with van der Waals surface area (Å²) in [4.78, 5) is 4.18. The standard InChI is InChI=1S/C15H12ClN3/c16-14-12(9-17)6-7-18-15(14)19-13-5-4-10-2-1-3-11(10)8-13/h4-8H,1-3H2,(H,18,19). The fraction of sp³-hybridized carbons (Fsp3) is 0.200. The van der Waals surface area contributed by atoms with Gasteiger partial charge in [-0.25, -0.2) is 4.98 Å². The van der Waals surface area contributed by atoms with Crippen LogP contribution >= 0.6 is 11.6 Å². The average Bonchev–Trinajstić information content (AvgIpc) is 2.88. The lowest BCUT2D eigenvalue weighted by molar-refractivity contribution is 0.912. The van der Waals surface area contributed by atoms with Gasteiger partial charge in [-0.15, -0.1) is 0 Å². The first kappa shape index (κ1) is 12.0. The maximum Gasteiger partial charge on any atom is 0.150 e. The summed E-state index contributed by atoms with van der Waals surface area (Å²) < 4.78 is 0. The Morgan fingerprint density at radius 3 is 2.89 bits per heavy atom. The van der Waals surface area contributed by atoms with Gasteiger partial charge in [-0.1, -0.05) is 17.7 Å². The molecular formula is C15H12ClN3. The van der Waals surface area contributed by atoms with Crippen molar-refractivity contribution >= 4 is 23.1 Å². The molecule has 1 aliphatic carbocycles. The highest BCUT2D eigenvalue weighted by atomic mass is 35.5. The average molecular weight is 270 g/mol. The molecule has 1 N–H and O–H groups in total. The Labute approximate surface area is 116 Å². The maximum absolute atomic E-state index is 8.95. The number of aryl methyl sites for hydroxylation is 2. The van der Waals surface area contributed by atoms with E-state index in [4.69, 9.17) is 16.9 Å². The maximum atomic E-state index is 8.95. The summed E-state index contributed by atoms with van der Waals surface area (Å²) in [6.07, 6.45) is 5.10. The van der Waals surface area contributed by atoms with E-state index in [9.17, 15) is 0 Å². The largest absolute Gasteiger partial charge is 0.339 e. The lowest BCUT2D eigenvalue weighted by Gasteiger charge is -2.09. The molecule has 1 aromatic heterocycles. The smallest absolute Gasteiger partial charge is 0.150 e. The Morgan fingerprint density at radius 1 is 1.21 bits per heavy atom. The van der Waals surface area contributed by atoms with Crippen LogP contribution in [0.4, 0.5) is 11.5 Å². The molecule has 0 aliphatic heterocycles. The molecule has 0 saturated carbocycles. The molecule has 3 nitrogen and oxygen atoms in total. The molecule has 0 unspecified atom stereocenters. The lowest BCUT2D eigenvalue weighted by Crippen LogP contribution is -1.97. The molecule has 1 aliphatic rings. The van der Waals surface area contributed by atoms with Crippen molar-refractivity contribution in [2.75, 3.05) is 5.32 Å². The van der Waals surface area contributed by atoms with Gasteiger partial charge >= 0.3 is 0 Å². The predicted octanol–water partition coefficient (Wildman–Crippen LogP) is 3.84. The number of hydrogen-bond acceptors (Lipinski definition) is 3. The van der Waals surface area contributed by atoms with E-state index in [0.29, 0.717) is 16.4 Å². The van der Waals surface area contributed by atoms with Crippen LogP contribution in [-0.4, -0.2) is 4.98 Å². The van der Waals surface area contributed by atoms with Crippen LogP contribution in [0.25, 0.3) is 0 Å². The normalized spacial score (nSPS) is 12.8. The number of nitriles is 1. The van der Waals surface area contributed by atoms with Gasteiger partial charge in [0.1, 0.15) is 11.1 Å². The number of fused-ring (bicyclic) bond motifs is 1. The van der Waals surface area contributed by atoms with Crippen molar-refractivity contribution < 1.29 is 0 Å². The van der Waals surface area contributed by atoms with Crippen LogP contribution in [-0.2, 0) is 12.8 Å². The number of hydrogen-bond donors (Lipinski definition) is 1. The summed E-state index contributed by atoms with van der Waals surface area (Å²) in [6.45, 7) is 0. The summed E-state index contributed by atoms with van der Waals surface area (Å²) in [5.41, 5.74) is 4.21. The van der Waals surface area contributed by atoms with Gasteiger partial charge in [0.2, 0.25) is 0 Å². The Morgan fingerprint density at radius 2 is 2.05 bits per heavy atom. The van der Waals surface area contributed by atoms with Gasteiger partial charge in [0.15, 0.2) is 5.82 Å². The molecule has 0 saturated heterocycles. The molecule has 94 valence electrons. The van der Waals surface area contributed by atoms with Crippen molar-refractivity contribution in [2.45, 2.75) is 19.3 Å². The zero-order valence-electron chi connectivity index (χ0n) is 10.3. The van der Waals surface area contributed by atoms with Crippen molar-refractivity contribution in [3.63, 3.8) is 0 Å². The molecule has 0 bridgehead atoms. The van der Waals surface area contributed by atoms with Crippen LogP contribution in [0.3, 0.4) is 0 Å². The number of pyridine rings is 1. The third-order valence-electron chi connectivity index (χ3n) is 3.37. The first-order valence-electron chi connectivity index (χ1n) is 6.21. The van der Waals surface area contributed by atoms with E-state index in [1.807, 2.05) is 6.07 Å². The lowest BCUT2D eigenvalue weighted by atomic mass is 10.1. The van der Waals surface area contributed by atoms with Crippen LogP contribution < -0.4 is 5.32 Å². The van der Waals surface area contributed by atoms with Crippen LogP contribution in [0.1, 0.15) is 23.1 Å². The van der Waals surface area contributed by atoms with Gasteiger partial charge < -0.3 is 5.32 Å². The summed E-state index contributed by atoms with van der Waals surface area (Å²) in [5.74, 6) is 0.527. The Balaban J connectivity index is 1.92. The number of halogens is 1. The van der Waals surface area contributed by atoms with E-state index >= 15 is 0 Å². The van der Waals surface area contributed by atoms with Crippen molar-refractivity contribution in [3.8, 4) is 6.07 Å². The second kappa shape index (κ2) is 4.91. The van der Waals surface area contributed by atoms with E-state index in [1.165, 1.54) is 24.0 Å². The summed E-state index contributed by atoms with van der Waals surface area (Å²) in [6, 6.07) is 9.97. The van der Waals surface area contributed by atoms with E-state index in [0.717, 1.165) is 12.1 Å². The number of rotatable bonds is 2. The Bertz CT molecular complexity index is 674.